The van der Waals surface area contributed by atoms with Crippen LogP contribution >= 0.6 is 0 Å². The first kappa shape index (κ1) is 11.9. The molecule has 15 heavy (non-hydrogen) atoms. The zero-order valence-corrected chi connectivity index (χ0v) is 9.17. The number of benzene rings is 1. The molecule has 0 saturated carbocycles. The summed E-state index contributed by atoms with van der Waals surface area (Å²) >= 11 is 0. The molecule has 82 valence electrons. The minimum atomic E-state index is -0.183. The van der Waals surface area contributed by atoms with Crippen molar-refractivity contribution in [1.82, 2.24) is 5.32 Å². The van der Waals surface area contributed by atoms with Crippen LogP contribution in [0.4, 0.5) is 4.39 Å². The first-order valence-electron chi connectivity index (χ1n) is 5.37. The first-order chi connectivity index (χ1) is 7.27. The van der Waals surface area contributed by atoms with Crippen molar-refractivity contribution in [2.24, 2.45) is 0 Å². The number of halogens is 1. The van der Waals surface area contributed by atoms with E-state index in [-0.39, 0.29) is 5.82 Å². The van der Waals surface area contributed by atoms with Gasteiger partial charge in [-0.2, -0.15) is 0 Å². The van der Waals surface area contributed by atoms with Crippen LogP contribution in [0.1, 0.15) is 31.4 Å². The monoisotopic (exact) mass is 207 g/mol. The molecule has 0 heterocycles. The van der Waals surface area contributed by atoms with Crippen LogP contribution in [-0.4, -0.2) is 6.54 Å². The van der Waals surface area contributed by atoms with Crippen molar-refractivity contribution < 1.29 is 4.39 Å². The van der Waals surface area contributed by atoms with Gasteiger partial charge in [-0.3, -0.25) is 0 Å². The third kappa shape index (κ3) is 3.84. The summed E-state index contributed by atoms with van der Waals surface area (Å²) in [6, 6.07) is 6.99. The van der Waals surface area contributed by atoms with E-state index in [1.807, 2.05) is 18.2 Å². The molecular formula is C13H18FN. The standard InChI is InChI=1S/C13H18FN/c1-3-5-6-13(15-4-2)11-7-9-12(14)10-8-11/h3,7-10,13,15H,1,4-6H2,2H3. The summed E-state index contributed by atoms with van der Waals surface area (Å²) < 4.78 is 12.8. The van der Waals surface area contributed by atoms with Crippen molar-refractivity contribution >= 4 is 0 Å². The number of hydrogen-bond acceptors (Lipinski definition) is 1. The predicted molar refractivity (Wildman–Crippen MR) is 62.2 cm³/mol. The summed E-state index contributed by atoms with van der Waals surface area (Å²) in [7, 11) is 0. The molecule has 1 aromatic carbocycles. The minimum Gasteiger partial charge on any atom is -0.310 e. The van der Waals surface area contributed by atoms with E-state index in [0.29, 0.717) is 6.04 Å². The van der Waals surface area contributed by atoms with Crippen LogP contribution in [0.2, 0.25) is 0 Å². The third-order valence-electron chi connectivity index (χ3n) is 2.38. The zero-order valence-electron chi connectivity index (χ0n) is 9.17. The number of nitrogens with one attached hydrogen (secondary N) is 1. The molecule has 0 aliphatic rings. The fourth-order valence-corrected chi connectivity index (χ4v) is 1.61. The maximum atomic E-state index is 12.8. The van der Waals surface area contributed by atoms with Gasteiger partial charge in [-0.1, -0.05) is 25.1 Å². The van der Waals surface area contributed by atoms with Gasteiger partial charge in [0.2, 0.25) is 0 Å². The number of hydrogen-bond donors (Lipinski definition) is 1. The second-order valence-corrected chi connectivity index (χ2v) is 3.53. The fourth-order valence-electron chi connectivity index (χ4n) is 1.61. The van der Waals surface area contributed by atoms with Gasteiger partial charge >= 0.3 is 0 Å². The van der Waals surface area contributed by atoms with Gasteiger partial charge in [-0.15, -0.1) is 6.58 Å². The Kier molecular flexibility index (Phi) is 5.05. The maximum Gasteiger partial charge on any atom is 0.123 e. The fraction of sp³-hybridized carbons (Fsp3) is 0.385. The van der Waals surface area contributed by atoms with Gasteiger partial charge in [0.1, 0.15) is 5.82 Å². The maximum absolute atomic E-state index is 12.8. The Balaban J connectivity index is 2.69. The minimum absolute atomic E-state index is 0.183. The zero-order chi connectivity index (χ0) is 11.1. The van der Waals surface area contributed by atoms with Gasteiger partial charge in [0, 0.05) is 6.04 Å². The summed E-state index contributed by atoms with van der Waals surface area (Å²) in [5.74, 6) is -0.183. The Morgan fingerprint density at radius 3 is 2.60 bits per heavy atom. The van der Waals surface area contributed by atoms with Crippen molar-refractivity contribution in [3.8, 4) is 0 Å². The van der Waals surface area contributed by atoms with Gasteiger partial charge in [-0.25, -0.2) is 4.39 Å². The lowest BCUT2D eigenvalue weighted by atomic mass is 10.0. The Bertz CT molecular complexity index is 292. The summed E-state index contributed by atoms with van der Waals surface area (Å²) in [5, 5.41) is 3.38. The van der Waals surface area contributed by atoms with Gasteiger partial charge in [0.05, 0.1) is 0 Å². The molecule has 2 heteroatoms. The van der Waals surface area contributed by atoms with Crippen LogP contribution in [0.15, 0.2) is 36.9 Å². The molecule has 0 bridgehead atoms. The second kappa shape index (κ2) is 6.36. The van der Waals surface area contributed by atoms with Crippen molar-refractivity contribution in [3.63, 3.8) is 0 Å². The van der Waals surface area contributed by atoms with Gasteiger partial charge in [0.25, 0.3) is 0 Å². The van der Waals surface area contributed by atoms with Crippen LogP contribution in [0.25, 0.3) is 0 Å². The first-order valence-corrected chi connectivity index (χ1v) is 5.37. The Hall–Kier alpha value is -1.15. The molecule has 0 aliphatic carbocycles. The van der Waals surface area contributed by atoms with Crippen LogP contribution < -0.4 is 5.32 Å². The molecule has 0 amide bonds. The van der Waals surface area contributed by atoms with E-state index >= 15 is 0 Å². The van der Waals surface area contributed by atoms with E-state index in [0.717, 1.165) is 24.9 Å². The highest BCUT2D eigenvalue weighted by Gasteiger charge is 2.08. The van der Waals surface area contributed by atoms with Crippen LogP contribution in [0.5, 0.6) is 0 Å². The number of allylic oxidation sites excluding steroid dienone is 1. The molecular weight excluding hydrogens is 189 g/mol. The van der Waals surface area contributed by atoms with Gasteiger partial charge < -0.3 is 5.32 Å². The summed E-state index contributed by atoms with van der Waals surface area (Å²) in [6.45, 7) is 6.70. The number of rotatable bonds is 6. The Morgan fingerprint density at radius 2 is 2.07 bits per heavy atom. The van der Waals surface area contributed by atoms with E-state index in [9.17, 15) is 4.39 Å². The molecule has 0 radical (unpaired) electrons. The lowest BCUT2D eigenvalue weighted by Gasteiger charge is -2.17. The molecule has 1 N–H and O–H groups in total. The summed E-state index contributed by atoms with van der Waals surface area (Å²) in [4.78, 5) is 0. The lowest BCUT2D eigenvalue weighted by molar-refractivity contribution is 0.518. The molecule has 0 spiro atoms. The largest absolute Gasteiger partial charge is 0.310 e. The van der Waals surface area contributed by atoms with Gasteiger partial charge in [-0.05, 0) is 37.1 Å². The van der Waals surface area contributed by atoms with Crippen LogP contribution in [0, 0.1) is 5.82 Å². The molecule has 1 rings (SSSR count). The highest BCUT2D eigenvalue weighted by molar-refractivity contribution is 5.19. The topological polar surface area (TPSA) is 12.0 Å². The molecule has 1 atom stereocenters. The van der Waals surface area contributed by atoms with Crippen molar-refractivity contribution in [2.45, 2.75) is 25.8 Å². The van der Waals surface area contributed by atoms with Crippen LogP contribution in [0.3, 0.4) is 0 Å². The average molecular weight is 207 g/mol. The molecule has 0 aromatic heterocycles. The molecule has 1 unspecified atom stereocenters. The van der Waals surface area contributed by atoms with Crippen molar-refractivity contribution in [1.29, 1.82) is 0 Å². The smallest absolute Gasteiger partial charge is 0.123 e. The summed E-state index contributed by atoms with van der Waals surface area (Å²) in [6.07, 6.45) is 3.88. The third-order valence-corrected chi connectivity index (χ3v) is 2.38. The highest BCUT2D eigenvalue weighted by atomic mass is 19.1. The Labute approximate surface area is 91.0 Å². The average Bonchev–Trinajstić information content (AvgIpc) is 2.25. The van der Waals surface area contributed by atoms with E-state index in [4.69, 9.17) is 0 Å². The van der Waals surface area contributed by atoms with Crippen molar-refractivity contribution in [3.05, 3.63) is 48.3 Å². The lowest BCUT2D eigenvalue weighted by Crippen LogP contribution is -2.20. The highest BCUT2D eigenvalue weighted by Crippen LogP contribution is 2.18. The molecule has 0 aliphatic heterocycles. The molecule has 0 saturated heterocycles. The molecule has 1 nitrogen and oxygen atoms in total. The van der Waals surface area contributed by atoms with Gasteiger partial charge in [0.15, 0.2) is 0 Å². The second-order valence-electron chi connectivity index (χ2n) is 3.53. The van der Waals surface area contributed by atoms with E-state index in [2.05, 4.69) is 18.8 Å². The van der Waals surface area contributed by atoms with E-state index in [1.54, 1.807) is 0 Å². The SMILES string of the molecule is C=CCCC(NCC)c1ccc(F)cc1. The molecule has 0 fully saturated rings. The molecule has 1 aromatic rings. The summed E-state index contributed by atoms with van der Waals surface area (Å²) in [5.41, 5.74) is 1.14. The van der Waals surface area contributed by atoms with E-state index in [1.165, 1.54) is 12.1 Å². The van der Waals surface area contributed by atoms with Crippen molar-refractivity contribution in [2.75, 3.05) is 6.54 Å². The normalized spacial score (nSPS) is 12.4. The quantitative estimate of drug-likeness (QED) is 0.704. The Morgan fingerprint density at radius 1 is 1.40 bits per heavy atom. The predicted octanol–water partition coefficient (Wildman–Crippen LogP) is 3.44. The van der Waals surface area contributed by atoms with E-state index < -0.39 is 0 Å². The van der Waals surface area contributed by atoms with Crippen LogP contribution in [-0.2, 0) is 0 Å².